The van der Waals surface area contributed by atoms with Gasteiger partial charge in [-0.25, -0.2) is 9.78 Å². The number of rotatable bonds is 5. The third kappa shape index (κ3) is 4.60. The van der Waals surface area contributed by atoms with E-state index in [2.05, 4.69) is 10.3 Å². The Hall–Kier alpha value is -1.79. The molecule has 2 N–H and O–H groups in total. The molecule has 7 heteroatoms. The van der Waals surface area contributed by atoms with Gasteiger partial charge in [-0.1, -0.05) is 0 Å². The summed E-state index contributed by atoms with van der Waals surface area (Å²) in [6.07, 6.45) is -3.89. The van der Waals surface area contributed by atoms with Crippen LogP contribution in [0.3, 0.4) is 0 Å². The molecule has 0 bridgehead atoms. The lowest BCUT2D eigenvalue weighted by Gasteiger charge is -2.10. The van der Waals surface area contributed by atoms with E-state index in [1.54, 1.807) is 6.92 Å². The number of carbonyl (C=O) groups is 1. The Bertz CT molecular complexity index is 433. The van der Waals surface area contributed by atoms with Gasteiger partial charge >= 0.3 is 12.1 Å². The summed E-state index contributed by atoms with van der Waals surface area (Å²) >= 11 is 0. The molecule has 100 valence electrons. The number of hydrogen-bond donors (Lipinski definition) is 2. The van der Waals surface area contributed by atoms with Gasteiger partial charge in [0.1, 0.15) is 5.82 Å². The lowest BCUT2D eigenvalue weighted by Crippen LogP contribution is -2.12. The smallest absolute Gasteiger partial charge is 0.389 e. The van der Waals surface area contributed by atoms with Crippen molar-refractivity contribution >= 4 is 11.8 Å². The molecule has 18 heavy (non-hydrogen) atoms. The molecule has 0 aliphatic heterocycles. The maximum atomic E-state index is 11.9. The molecule has 1 aromatic heterocycles. The van der Waals surface area contributed by atoms with Gasteiger partial charge in [0.2, 0.25) is 0 Å². The van der Waals surface area contributed by atoms with Crippen molar-refractivity contribution in [1.29, 1.82) is 0 Å². The minimum atomic E-state index is -4.16. The van der Waals surface area contributed by atoms with E-state index in [0.29, 0.717) is 11.4 Å². The zero-order valence-electron chi connectivity index (χ0n) is 9.71. The Morgan fingerprint density at radius 1 is 1.50 bits per heavy atom. The number of anilines is 1. The van der Waals surface area contributed by atoms with Gasteiger partial charge in [0.05, 0.1) is 5.56 Å². The van der Waals surface area contributed by atoms with Gasteiger partial charge in [-0.15, -0.1) is 0 Å². The summed E-state index contributed by atoms with van der Waals surface area (Å²) in [4.78, 5) is 14.5. The Kier molecular flexibility index (Phi) is 4.52. The van der Waals surface area contributed by atoms with Gasteiger partial charge in [-0.2, -0.15) is 13.2 Å². The van der Waals surface area contributed by atoms with Crippen molar-refractivity contribution in [1.82, 2.24) is 4.98 Å². The fraction of sp³-hybridized carbons (Fsp3) is 0.455. The molecule has 0 saturated carbocycles. The number of halogens is 3. The van der Waals surface area contributed by atoms with Crippen molar-refractivity contribution in [2.24, 2.45) is 0 Å². The summed E-state index contributed by atoms with van der Waals surface area (Å²) in [5.74, 6) is -0.684. The monoisotopic (exact) mass is 262 g/mol. The summed E-state index contributed by atoms with van der Waals surface area (Å²) in [6.45, 7) is 1.78. The van der Waals surface area contributed by atoms with E-state index in [4.69, 9.17) is 5.11 Å². The first-order chi connectivity index (χ1) is 8.29. The summed E-state index contributed by atoms with van der Waals surface area (Å²) in [7, 11) is 0. The lowest BCUT2D eigenvalue weighted by atomic mass is 10.2. The van der Waals surface area contributed by atoms with Gasteiger partial charge in [0, 0.05) is 19.2 Å². The number of carboxylic acids is 1. The highest BCUT2D eigenvalue weighted by molar-refractivity contribution is 5.87. The van der Waals surface area contributed by atoms with E-state index in [1.807, 2.05) is 0 Å². The SMILES string of the molecule is Cc1cc(C(=O)O)cnc1NCCCC(F)(F)F. The van der Waals surface area contributed by atoms with Crippen LogP contribution in [0.15, 0.2) is 12.3 Å². The minimum absolute atomic E-state index is 0.0494. The topological polar surface area (TPSA) is 62.2 Å². The molecule has 1 aromatic rings. The molecule has 1 heterocycles. The van der Waals surface area contributed by atoms with Gasteiger partial charge in [0.25, 0.3) is 0 Å². The predicted octanol–water partition coefficient (Wildman–Crippen LogP) is 2.84. The molecule has 0 saturated heterocycles. The van der Waals surface area contributed by atoms with E-state index in [-0.39, 0.29) is 18.5 Å². The lowest BCUT2D eigenvalue weighted by molar-refractivity contribution is -0.134. The highest BCUT2D eigenvalue weighted by Crippen LogP contribution is 2.21. The number of aromatic carboxylic acids is 1. The first kappa shape index (κ1) is 14.3. The highest BCUT2D eigenvalue weighted by atomic mass is 19.4. The van der Waals surface area contributed by atoms with Crippen LogP contribution in [0.4, 0.5) is 19.0 Å². The predicted molar refractivity (Wildman–Crippen MR) is 59.7 cm³/mol. The molecule has 0 fully saturated rings. The third-order valence-corrected chi connectivity index (χ3v) is 2.25. The van der Waals surface area contributed by atoms with Crippen LogP contribution in [0.2, 0.25) is 0 Å². The standard InChI is InChI=1S/C11H13F3N2O2/c1-7-5-8(10(17)18)6-16-9(7)15-4-2-3-11(12,13)14/h5-6H,2-4H2,1H3,(H,15,16)(H,17,18). The second-order valence-electron chi connectivity index (χ2n) is 3.84. The quantitative estimate of drug-likeness (QED) is 0.801. The zero-order valence-corrected chi connectivity index (χ0v) is 9.71. The molecule has 0 radical (unpaired) electrons. The normalized spacial score (nSPS) is 11.3. The van der Waals surface area contributed by atoms with Crippen LogP contribution in [0.25, 0.3) is 0 Å². The fourth-order valence-corrected chi connectivity index (χ4v) is 1.37. The van der Waals surface area contributed by atoms with E-state index < -0.39 is 18.6 Å². The number of aryl methyl sites for hydroxylation is 1. The van der Waals surface area contributed by atoms with Gasteiger partial charge in [-0.3, -0.25) is 0 Å². The van der Waals surface area contributed by atoms with Crippen LogP contribution >= 0.6 is 0 Å². The van der Waals surface area contributed by atoms with Crippen molar-refractivity contribution in [2.45, 2.75) is 25.9 Å². The Labute approximate surface area is 102 Å². The average molecular weight is 262 g/mol. The van der Waals surface area contributed by atoms with Gasteiger partial charge in [-0.05, 0) is 25.0 Å². The van der Waals surface area contributed by atoms with Crippen LogP contribution in [0.5, 0.6) is 0 Å². The number of nitrogens with one attached hydrogen (secondary N) is 1. The van der Waals surface area contributed by atoms with Gasteiger partial charge < -0.3 is 10.4 Å². The maximum absolute atomic E-state index is 11.9. The van der Waals surface area contributed by atoms with Crippen LogP contribution in [0, 0.1) is 6.92 Å². The minimum Gasteiger partial charge on any atom is -0.478 e. The van der Waals surface area contributed by atoms with Crippen LogP contribution in [-0.2, 0) is 0 Å². The average Bonchev–Trinajstić information content (AvgIpc) is 2.24. The van der Waals surface area contributed by atoms with Crippen molar-refractivity contribution < 1.29 is 23.1 Å². The number of pyridine rings is 1. The van der Waals surface area contributed by atoms with Crippen molar-refractivity contribution in [3.63, 3.8) is 0 Å². The fourth-order valence-electron chi connectivity index (χ4n) is 1.37. The zero-order chi connectivity index (χ0) is 13.8. The van der Waals surface area contributed by atoms with E-state index in [1.165, 1.54) is 12.3 Å². The summed E-state index contributed by atoms with van der Waals surface area (Å²) < 4.78 is 35.7. The number of aromatic nitrogens is 1. The van der Waals surface area contributed by atoms with Gasteiger partial charge in [0.15, 0.2) is 0 Å². The Balaban J connectivity index is 2.51. The van der Waals surface area contributed by atoms with Crippen LogP contribution in [0.1, 0.15) is 28.8 Å². The Morgan fingerprint density at radius 2 is 2.17 bits per heavy atom. The molecule has 0 aliphatic rings. The largest absolute Gasteiger partial charge is 0.478 e. The summed E-state index contributed by atoms with van der Waals surface area (Å²) in [6, 6.07) is 1.42. The second kappa shape index (κ2) is 5.70. The van der Waals surface area contributed by atoms with E-state index >= 15 is 0 Å². The van der Waals surface area contributed by atoms with Crippen molar-refractivity contribution in [3.05, 3.63) is 23.4 Å². The Morgan fingerprint density at radius 3 is 2.67 bits per heavy atom. The molecule has 4 nitrogen and oxygen atoms in total. The molecule has 1 rings (SSSR count). The summed E-state index contributed by atoms with van der Waals surface area (Å²) in [5, 5.41) is 11.5. The molecule has 0 amide bonds. The summed E-state index contributed by atoms with van der Waals surface area (Å²) in [5.41, 5.74) is 0.634. The van der Waals surface area contributed by atoms with Crippen molar-refractivity contribution in [2.75, 3.05) is 11.9 Å². The van der Waals surface area contributed by atoms with Crippen LogP contribution in [-0.4, -0.2) is 28.8 Å². The molecular weight excluding hydrogens is 249 g/mol. The number of nitrogens with zero attached hydrogens (tertiary/aromatic N) is 1. The van der Waals surface area contributed by atoms with Crippen molar-refractivity contribution in [3.8, 4) is 0 Å². The van der Waals surface area contributed by atoms with E-state index in [9.17, 15) is 18.0 Å². The first-order valence-corrected chi connectivity index (χ1v) is 5.30. The molecule has 0 aromatic carbocycles. The molecule has 0 aliphatic carbocycles. The molecule has 0 unspecified atom stereocenters. The molecule has 0 spiro atoms. The van der Waals surface area contributed by atoms with Crippen LogP contribution < -0.4 is 5.32 Å². The molecular formula is C11H13F3N2O2. The third-order valence-electron chi connectivity index (χ3n) is 2.25. The van der Waals surface area contributed by atoms with E-state index in [0.717, 1.165) is 0 Å². The highest BCUT2D eigenvalue weighted by Gasteiger charge is 2.25. The number of alkyl halides is 3. The maximum Gasteiger partial charge on any atom is 0.389 e. The number of hydrogen-bond acceptors (Lipinski definition) is 3. The number of carboxylic acid groups (broad SMARTS) is 1. The second-order valence-corrected chi connectivity index (χ2v) is 3.84. The molecule has 0 atom stereocenters. The first-order valence-electron chi connectivity index (χ1n) is 5.30.